The van der Waals surface area contributed by atoms with Crippen molar-refractivity contribution in [1.82, 2.24) is 9.13 Å². The minimum atomic E-state index is -4.42. The van der Waals surface area contributed by atoms with Gasteiger partial charge in [-0.05, 0) is 22.6 Å². The molecule has 0 aromatic carbocycles. The average Bonchev–Trinajstić information content (AvgIpc) is 2.24. The van der Waals surface area contributed by atoms with Crippen molar-refractivity contribution < 1.29 is 17.9 Å². The Morgan fingerprint density at radius 3 is 2.56 bits per heavy atom. The average molecular weight is 378 g/mol. The van der Waals surface area contributed by atoms with Gasteiger partial charge in [0.25, 0.3) is 5.56 Å². The van der Waals surface area contributed by atoms with Gasteiger partial charge in [-0.2, -0.15) is 13.2 Å². The maximum Gasteiger partial charge on any atom is 0.411 e. The minimum absolute atomic E-state index is 0.210. The standard InChI is InChI=1S/C9H10F3IN2O3/c1-14-4-6(13)7(16)15(8(14)17)2-3-18-5-9(10,11)12/h4H,2-3,5H2,1H3. The molecule has 1 aromatic heterocycles. The van der Waals surface area contributed by atoms with Crippen molar-refractivity contribution in [2.45, 2.75) is 12.7 Å². The summed E-state index contributed by atoms with van der Waals surface area (Å²) in [5.74, 6) is 0. The van der Waals surface area contributed by atoms with Crippen LogP contribution in [0.3, 0.4) is 0 Å². The van der Waals surface area contributed by atoms with Gasteiger partial charge in [0.05, 0.1) is 16.7 Å². The van der Waals surface area contributed by atoms with Gasteiger partial charge in [0, 0.05) is 13.2 Å². The summed E-state index contributed by atoms with van der Waals surface area (Å²) in [6.45, 7) is -1.96. The normalized spacial score (nSPS) is 11.8. The van der Waals surface area contributed by atoms with Crippen LogP contribution in [0.5, 0.6) is 0 Å². The Morgan fingerprint density at radius 1 is 1.39 bits per heavy atom. The van der Waals surface area contributed by atoms with Crippen molar-refractivity contribution >= 4 is 22.6 Å². The summed E-state index contributed by atoms with van der Waals surface area (Å²) in [5, 5.41) is 0. The Bertz CT molecular complexity index is 501. The van der Waals surface area contributed by atoms with Crippen molar-refractivity contribution in [1.29, 1.82) is 0 Å². The molecular formula is C9H10F3IN2O3. The fourth-order valence-electron chi connectivity index (χ4n) is 1.23. The second-order valence-electron chi connectivity index (χ2n) is 3.50. The molecule has 5 nitrogen and oxygen atoms in total. The predicted octanol–water partition coefficient (Wildman–Crippen LogP) is 0.730. The van der Waals surface area contributed by atoms with E-state index < -0.39 is 24.0 Å². The molecule has 9 heteroatoms. The van der Waals surface area contributed by atoms with Gasteiger partial charge in [-0.15, -0.1) is 0 Å². The molecule has 1 rings (SSSR count). The van der Waals surface area contributed by atoms with Crippen molar-refractivity contribution in [3.05, 3.63) is 30.6 Å². The van der Waals surface area contributed by atoms with Gasteiger partial charge in [-0.25, -0.2) is 4.79 Å². The molecule has 0 amide bonds. The highest BCUT2D eigenvalue weighted by Crippen LogP contribution is 2.14. The van der Waals surface area contributed by atoms with Crippen LogP contribution in [-0.4, -0.2) is 28.5 Å². The number of ether oxygens (including phenoxy) is 1. The van der Waals surface area contributed by atoms with E-state index in [1.165, 1.54) is 17.8 Å². The lowest BCUT2D eigenvalue weighted by molar-refractivity contribution is -0.174. The molecular weight excluding hydrogens is 368 g/mol. The summed E-state index contributed by atoms with van der Waals surface area (Å²) >= 11 is 1.75. The summed E-state index contributed by atoms with van der Waals surface area (Å²) in [7, 11) is 1.46. The fraction of sp³-hybridized carbons (Fsp3) is 0.556. The van der Waals surface area contributed by atoms with Gasteiger partial charge in [-0.3, -0.25) is 9.36 Å². The molecule has 18 heavy (non-hydrogen) atoms. The van der Waals surface area contributed by atoms with Crippen molar-refractivity contribution in [3.63, 3.8) is 0 Å². The molecule has 102 valence electrons. The largest absolute Gasteiger partial charge is 0.411 e. The van der Waals surface area contributed by atoms with E-state index in [-0.39, 0.29) is 13.2 Å². The summed E-state index contributed by atoms with van der Waals surface area (Å²) in [6.07, 6.45) is -3.06. The Balaban J connectivity index is 2.75. The fourth-order valence-corrected chi connectivity index (χ4v) is 1.94. The highest BCUT2D eigenvalue weighted by molar-refractivity contribution is 14.1. The van der Waals surface area contributed by atoms with E-state index in [1.54, 1.807) is 22.6 Å². The van der Waals surface area contributed by atoms with Gasteiger partial charge in [0.2, 0.25) is 0 Å². The number of halogens is 4. The number of aromatic nitrogens is 2. The smallest absolute Gasteiger partial charge is 0.370 e. The first-order valence-electron chi connectivity index (χ1n) is 4.83. The lowest BCUT2D eigenvalue weighted by Gasteiger charge is -2.09. The quantitative estimate of drug-likeness (QED) is 0.574. The Morgan fingerprint density at radius 2 is 2.00 bits per heavy atom. The van der Waals surface area contributed by atoms with Crippen LogP contribution in [0.15, 0.2) is 15.8 Å². The summed E-state index contributed by atoms with van der Waals surface area (Å²) in [5.41, 5.74) is -1.12. The number of nitrogens with zero attached hydrogens (tertiary/aromatic N) is 2. The van der Waals surface area contributed by atoms with Gasteiger partial charge < -0.3 is 9.30 Å². The van der Waals surface area contributed by atoms with Gasteiger partial charge in [-0.1, -0.05) is 0 Å². The molecule has 0 fully saturated rings. The van der Waals surface area contributed by atoms with Crippen molar-refractivity contribution in [3.8, 4) is 0 Å². The molecule has 0 saturated carbocycles. The van der Waals surface area contributed by atoms with E-state index in [9.17, 15) is 22.8 Å². The second kappa shape index (κ2) is 5.87. The van der Waals surface area contributed by atoms with E-state index in [4.69, 9.17) is 0 Å². The molecule has 0 atom stereocenters. The summed E-state index contributed by atoms with van der Waals surface area (Å²) < 4.78 is 42.1. The number of alkyl halides is 3. The highest BCUT2D eigenvalue weighted by Gasteiger charge is 2.27. The third kappa shape index (κ3) is 4.12. The summed E-state index contributed by atoms with van der Waals surface area (Å²) in [6, 6.07) is 0. The van der Waals surface area contributed by atoms with Crippen LogP contribution in [0.4, 0.5) is 13.2 Å². The molecule has 0 aliphatic carbocycles. The Kier molecular flexibility index (Phi) is 4.96. The maximum atomic E-state index is 11.8. The van der Waals surface area contributed by atoms with Crippen LogP contribution < -0.4 is 11.2 Å². The highest BCUT2D eigenvalue weighted by atomic mass is 127. The van der Waals surface area contributed by atoms with E-state index >= 15 is 0 Å². The predicted molar refractivity (Wildman–Crippen MR) is 65.5 cm³/mol. The zero-order valence-electron chi connectivity index (χ0n) is 9.33. The summed E-state index contributed by atoms with van der Waals surface area (Å²) in [4.78, 5) is 23.2. The van der Waals surface area contributed by atoms with E-state index in [0.29, 0.717) is 3.57 Å². The molecule has 0 radical (unpaired) electrons. The van der Waals surface area contributed by atoms with E-state index in [0.717, 1.165) is 4.57 Å². The Hall–Kier alpha value is -0.840. The Labute approximate surface area is 113 Å². The first-order chi connectivity index (χ1) is 8.22. The van der Waals surface area contributed by atoms with Crippen LogP contribution in [0.1, 0.15) is 0 Å². The van der Waals surface area contributed by atoms with Gasteiger partial charge in [0.15, 0.2) is 0 Å². The molecule has 1 heterocycles. The maximum absolute atomic E-state index is 11.8. The third-order valence-electron chi connectivity index (χ3n) is 2.01. The first kappa shape index (κ1) is 15.2. The molecule has 1 aromatic rings. The molecule has 0 aliphatic heterocycles. The lowest BCUT2D eigenvalue weighted by Crippen LogP contribution is -2.41. The van der Waals surface area contributed by atoms with Gasteiger partial charge in [0.1, 0.15) is 6.61 Å². The van der Waals surface area contributed by atoms with Gasteiger partial charge >= 0.3 is 11.9 Å². The SMILES string of the molecule is Cn1cc(I)c(=O)n(CCOCC(F)(F)F)c1=O. The first-order valence-corrected chi connectivity index (χ1v) is 5.90. The van der Waals surface area contributed by atoms with Crippen LogP contribution in [0.2, 0.25) is 0 Å². The van der Waals surface area contributed by atoms with E-state index in [1.807, 2.05) is 0 Å². The van der Waals surface area contributed by atoms with Crippen LogP contribution in [-0.2, 0) is 18.3 Å². The monoisotopic (exact) mass is 378 g/mol. The number of rotatable bonds is 4. The zero-order chi connectivity index (χ0) is 13.9. The lowest BCUT2D eigenvalue weighted by atomic mass is 10.5. The molecule has 0 spiro atoms. The zero-order valence-corrected chi connectivity index (χ0v) is 11.5. The van der Waals surface area contributed by atoms with E-state index in [2.05, 4.69) is 4.74 Å². The van der Waals surface area contributed by atoms with Crippen LogP contribution in [0, 0.1) is 3.57 Å². The molecule has 0 unspecified atom stereocenters. The van der Waals surface area contributed by atoms with Crippen molar-refractivity contribution in [2.24, 2.45) is 7.05 Å². The number of aryl methyl sites for hydroxylation is 1. The minimum Gasteiger partial charge on any atom is -0.370 e. The van der Waals surface area contributed by atoms with Crippen LogP contribution in [0.25, 0.3) is 0 Å². The second-order valence-corrected chi connectivity index (χ2v) is 4.66. The molecule has 0 bridgehead atoms. The van der Waals surface area contributed by atoms with Crippen molar-refractivity contribution in [2.75, 3.05) is 13.2 Å². The molecule has 0 aliphatic rings. The topological polar surface area (TPSA) is 53.2 Å². The molecule has 0 saturated heterocycles. The molecule has 0 N–H and O–H groups in total. The number of hydrogen-bond acceptors (Lipinski definition) is 3. The third-order valence-corrected chi connectivity index (χ3v) is 2.75. The van der Waals surface area contributed by atoms with Crippen LogP contribution >= 0.6 is 22.6 Å². The number of hydrogen-bond donors (Lipinski definition) is 0.